The molecule has 1 saturated carbocycles. The van der Waals surface area contributed by atoms with E-state index >= 15 is 0 Å². The summed E-state index contributed by atoms with van der Waals surface area (Å²) in [7, 11) is 0. The Morgan fingerprint density at radius 2 is 1.68 bits per heavy atom. The zero-order chi connectivity index (χ0) is 25.6. The largest absolute Gasteiger partial charge is 0.471 e. The molecular formula is C20H13Cl3F5N3O3. The van der Waals surface area contributed by atoms with Crippen molar-refractivity contribution in [1.29, 1.82) is 0 Å². The van der Waals surface area contributed by atoms with Crippen molar-refractivity contribution in [3.05, 3.63) is 52.0 Å². The third-order valence-corrected chi connectivity index (χ3v) is 6.08. The molecule has 3 N–H and O–H groups in total. The number of hydrogen-bond donors (Lipinski definition) is 3. The molecule has 34 heavy (non-hydrogen) atoms. The summed E-state index contributed by atoms with van der Waals surface area (Å²) in [4.78, 5) is 36.0. The summed E-state index contributed by atoms with van der Waals surface area (Å²) in [5.41, 5.74) is -2.02. The van der Waals surface area contributed by atoms with Crippen LogP contribution in [0.15, 0.2) is 24.3 Å². The minimum atomic E-state index is -5.33. The number of benzene rings is 2. The van der Waals surface area contributed by atoms with Gasteiger partial charge in [0.2, 0.25) is 5.91 Å². The van der Waals surface area contributed by atoms with E-state index in [1.165, 1.54) is 18.3 Å². The number of nitrogens with one attached hydrogen (secondary N) is 3. The molecule has 0 spiro atoms. The van der Waals surface area contributed by atoms with Crippen LogP contribution in [0.25, 0.3) is 0 Å². The molecule has 3 amide bonds. The molecular weight excluding hydrogens is 532 g/mol. The van der Waals surface area contributed by atoms with Crippen molar-refractivity contribution in [3.63, 3.8) is 0 Å². The number of aryl methyl sites for hydroxylation is 1. The first-order chi connectivity index (χ1) is 15.6. The van der Waals surface area contributed by atoms with Crippen molar-refractivity contribution < 1.29 is 36.3 Å². The second-order valence-corrected chi connectivity index (χ2v) is 9.27. The van der Waals surface area contributed by atoms with Crippen LogP contribution < -0.4 is 16.0 Å². The van der Waals surface area contributed by atoms with E-state index in [2.05, 4.69) is 5.32 Å². The molecule has 1 aliphatic rings. The van der Waals surface area contributed by atoms with Gasteiger partial charge in [-0.05, 0) is 43.2 Å². The van der Waals surface area contributed by atoms with E-state index in [4.69, 9.17) is 34.8 Å². The molecule has 182 valence electrons. The molecule has 0 heterocycles. The Kier molecular flexibility index (Phi) is 7.03. The van der Waals surface area contributed by atoms with E-state index in [1.54, 1.807) is 0 Å². The number of hydrogen-bond acceptors (Lipinski definition) is 3. The molecule has 0 aromatic heterocycles. The summed E-state index contributed by atoms with van der Waals surface area (Å²) in [6.07, 6.45) is -5.10. The third-order valence-electron chi connectivity index (χ3n) is 4.74. The van der Waals surface area contributed by atoms with Crippen molar-refractivity contribution in [1.82, 2.24) is 0 Å². The fourth-order valence-corrected chi connectivity index (χ4v) is 3.57. The van der Waals surface area contributed by atoms with Gasteiger partial charge in [0.15, 0.2) is 5.82 Å². The van der Waals surface area contributed by atoms with Crippen molar-refractivity contribution in [3.8, 4) is 0 Å². The summed E-state index contributed by atoms with van der Waals surface area (Å²) in [6, 6.07) is 3.66. The molecule has 1 fully saturated rings. The Bertz CT molecular complexity index is 1200. The predicted molar refractivity (Wildman–Crippen MR) is 116 cm³/mol. The van der Waals surface area contributed by atoms with Gasteiger partial charge in [-0.1, -0.05) is 11.6 Å². The van der Waals surface area contributed by atoms with Crippen LogP contribution in [-0.4, -0.2) is 28.2 Å². The Morgan fingerprint density at radius 1 is 1.06 bits per heavy atom. The van der Waals surface area contributed by atoms with Gasteiger partial charge >= 0.3 is 12.1 Å². The minimum absolute atomic E-state index is 0.111. The fraction of sp³-hybridized carbons (Fsp3) is 0.250. The summed E-state index contributed by atoms with van der Waals surface area (Å²) >= 11 is 17.8. The Morgan fingerprint density at radius 3 is 2.24 bits per heavy atom. The lowest BCUT2D eigenvalue weighted by Crippen LogP contribution is -2.30. The van der Waals surface area contributed by atoms with Crippen LogP contribution in [0.3, 0.4) is 0 Å². The number of halogens is 8. The summed E-state index contributed by atoms with van der Waals surface area (Å²) in [5.74, 6) is -7.83. The summed E-state index contributed by atoms with van der Waals surface area (Å²) in [6.45, 7) is 1.49. The first-order valence-corrected chi connectivity index (χ1v) is 10.4. The molecule has 1 aliphatic carbocycles. The molecule has 0 bridgehead atoms. The summed E-state index contributed by atoms with van der Waals surface area (Å²) in [5, 5.41) is 5.52. The molecule has 1 atom stereocenters. The molecule has 0 saturated heterocycles. The van der Waals surface area contributed by atoms with Crippen LogP contribution in [0.2, 0.25) is 5.02 Å². The normalized spacial score (nSPS) is 16.6. The highest BCUT2D eigenvalue weighted by atomic mass is 35.5. The SMILES string of the molecule is Cc1cc(NC(=O)[C@H]2CC2(Cl)Cl)cc(C(=O)Nc2c(F)ccc(NC(=O)C(F)(F)F)c2F)c1Cl. The number of rotatable bonds is 5. The molecule has 0 aliphatic heterocycles. The number of alkyl halides is 5. The second kappa shape index (κ2) is 9.20. The number of carbonyl (C=O) groups is 3. The lowest BCUT2D eigenvalue weighted by molar-refractivity contribution is -0.167. The Labute approximate surface area is 203 Å². The van der Waals surface area contributed by atoms with Gasteiger partial charge in [0, 0.05) is 5.69 Å². The van der Waals surface area contributed by atoms with E-state index in [0.29, 0.717) is 17.7 Å². The predicted octanol–water partition coefficient (Wildman–Crippen LogP) is 5.81. The van der Waals surface area contributed by atoms with E-state index in [-0.39, 0.29) is 22.7 Å². The van der Waals surface area contributed by atoms with Gasteiger partial charge in [0.25, 0.3) is 5.91 Å². The van der Waals surface area contributed by atoms with Crippen molar-refractivity contribution >= 4 is 69.6 Å². The zero-order valence-corrected chi connectivity index (χ0v) is 19.1. The van der Waals surface area contributed by atoms with Gasteiger partial charge in [-0.3, -0.25) is 14.4 Å². The van der Waals surface area contributed by atoms with Crippen molar-refractivity contribution in [2.24, 2.45) is 5.92 Å². The Hall–Kier alpha value is -2.63. The standard InChI is InChI=1S/C20H13Cl3F5N3O3/c1-7-4-8(29-17(33)10-6-19(10,22)23)5-9(13(7)21)16(32)31-15-11(24)2-3-12(14(15)25)30-18(34)20(26,27)28/h2-5,10H,6H2,1H3,(H,29,33)(H,30,34)(H,31,32)/t10-/m1/s1. The van der Waals surface area contributed by atoms with Crippen LogP contribution in [0.4, 0.5) is 39.0 Å². The lowest BCUT2D eigenvalue weighted by atomic mass is 10.1. The molecule has 3 rings (SSSR count). The van der Waals surface area contributed by atoms with Gasteiger partial charge in [-0.25, -0.2) is 8.78 Å². The lowest BCUT2D eigenvalue weighted by Gasteiger charge is -2.15. The van der Waals surface area contributed by atoms with Gasteiger partial charge in [-0.2, -0.15) is 13.2 Å². The number of amides is 3. The average molecular weight is 545 g/mol. The zero-order valence-electron chi connectivity index (χ0n) is 16.8. The summed E-state index contributed by atoms with van der Waals surface area (Å²) < 4.78 is 64.9. The van der Waals surface area contributed by atoms with Gasteiger partial charge in [0.05, 0.1) is 22.2 Å². The van der Waals surface area contributed by atoms with Crippen LogP contribution >= 0.6 is 34.8 Å². The monoisotopic (exact) mass is 543 g/mol. The first kappa shape index (κ1) is 26.0. The molecule has 2 aromatic rings. The third kappa shape index (κ3) is 5.53. The van der Waals surface area contributed by atoms with E-state index < -0.39 is 57.2 Å². The van der Waals surface area contributed by atoms with E-state index in [9.17, 15) is 36.3 Å². The molecule has 14 heteroatoms. The molecule has 2 aromatic carbocycles. The van der Waals surface area contributed by atoms with Gasteiger partial charge in [0.1, 0.15) is 15.8 Å². The first-order valence-electron chi connectivity index (χ1n) is 9.28. The van der Waals surface area contributed by atoms with Gasteiger partial charge < -0.3 is 16.0 Å². The van der Waals surface area contributed by atoms with Crippen LogP contribution in [-0.2, 0) is 9.59 Å². The molecule has 6 nitrogen and oxygen atoms in total. The fourth-order valence-electron chi connectivity index (χ4n) is 2.87. The smallest absolute Gasteiger partial charge is 0.326 e. The number of carbonyl (C=O) groups excluding carboxylic acids is 3. The number of anilines is 3. The highest BCUT2D eigenvalue weighted by Crippen LogP contribution is 2.53. The highest BCUT2D eigenvalue weighted by molar-refractivity contribution is 6.52. The highest BCUT2D eigenvalue weighted by Gasteiger charge is 2.56. The van der Waals surface area contributed by atoms with Gasteiger partial charge in [-0.15, -0.1) is 23.2 Å². The maximum absolute atomic E-state index is 14.6. The minimum Gasteiger partial charge on any atom is -0.326 e. The maximum Gasteiger partial charge on any atom is 0.471 e. The van der Waals surface area contributed by atoms with E-state index in [0.717, 1.165) is 6.07 Å². The molecule has 0 unspecified atom stereocenters. The maximum atomic E-state index is 14.6. The quantitative estimate of drug-likeness (QED) is 0.328. The van der Waals surface area contributed by atoms with Crippen LogP contribution in [0, 0.1) is 24.5 Å². The Balaban J connectivity index is 1.86. The van der Waals surface area contributed by atoms with Crippen molar-refractivity contribution in [2.45, 2.75) is 23.9 Å². The van der Waals surface area contributed by atoms with Crippen LogP contribution in [0.5, 0.6) is 0 Å². The molecule has 0 radical (unpaired) electrons. The average Bonchev–Trinajstić information content (AvgIpc) is 3.37. The topological polar surface area (TPSA) is 87.3 Å². The van der Waals surface area contributed by atoms with Crippen LogP contribution in [0.1, 0.15) is 22.3 Å². The second-order valence-electron chi connectivity index (χ2n) is 7.35. The van der Waals surface area contributed by atoms with E-state index in [1.807, 2.05) is 5.32 Å². The van der Waals surface area contributed by atoms with Crippen molar-refractivity contribution in [2.75, 3.05) is 16.0 Å².